The normalized spacial score (nSPS) is 16.0. The first-order valence-corrected chi connectivity index (χ1v) is 49.2. The van der Waals surface area contributed by atoms with Crippen molar-refractivity contribution in [2.24, 2.45) is 0 Å². The highest BCUT2D eigenvalue weighted by Crippen LogP contribution is 2.68. The minimum atomic E-state index is -0.321. The quantitative estimate of drug-likeness (QED) is 0.0385. The lowest BCUT2D eigenvalue weighted by Crippen LogP contribution is -2.27. The Kier molecular flexibility index (Phi) is 20.6. The predicted molar refractivity (Wildman–Crippen MR) is 526 cm³/mol. The number of rotatable bonds is 33. The van der Waals surface area contributed by atoms with Gasteiger partial charge in [-0.25, -0.2) is 0 Å². The molecule has 0 atom stereocenters. The summed E-state index contributed by atoms with van der Waals surface area (Å²) in [5.74, 6) is 0.135. The maximum atomic E-state index is 7.24. The van der Waals surface area contributed by atoms with Crippen molar-refractivity contribution < 1.29 is 13.3 Å². The number of furan rings is 3. The van der Waals surface area contributed by atoms with Crippen molar-refractivity contribution in [3.05, 3.63) is 284 Å². The average Bonchev–Trinajstić information content (AvgIpc) is 1.51. The summed E-state index contributed by atoms with van der Waals surface area (Å²) < 4.78 is 21.5. The molecule has 6 aliphatic rings. The monoisotopic (exact) mass is 1630 g/mol. The van der Waals surface area contributed by atoms with Gasteiger partial charge >= 0.3 is 0 Å². The molecule has 3 heteroatoms. The van der Waals surface area contributed by atoms with Gasteiger partial charge in [0, 0.05) is 75.9 Å². The molecular weight excluding hydrogens is 1500 g/mol. The van der Waals surface area contributed by atoms with Crippen LogP contribution in [-0.2, 0) is 45.3 Å². The Morgan fingerprint density at radius 3 is 1.06 bits per heavy atom. The fraction of sp³-hybridized carbons (Fsp3) is 0.405. The van der Waals surface area contributed by atoms with Crippen LogP contribution >= 0.6 is 0 Å². The third-order valence-corrected chi connectivity index (χ3v) is 32.6. The molecule has 12 aromatic carbocycles. The van der Waals surface area contributed by atoms with Gasteiger partial charge in [-0.1, -0.05) is 401 Å². The largest absolute Gasteiger partial charge is 0.456 e. The highest BCUT2D eigenvalue weighted by atomic mass is 16.3. The summed E-state index contributed by atoms with van der Waals surface area (Å²) in [7, 11) is 0. The van der Waals surface area contributed by atoms with Crippen molar-refractivity contribution in [1.29, 1.82) is 0 Å². The van der Waals surface area contributed by atoms with Crippen molar-refractivity contribution in [3.8, 4) is 66.8 Å². The second kappa shape index (κ2) is 31.6. The number of hydrogen-bond acceptors (Lipinski definition) is 3. The lowest BCUT2D eigenvalue weighted by Gasteiger charge is -2.35. The summed E-state index contributed by atoms with van der Waals surface area (Å²) in [6.07, 6.45) is 37.3. The van der Waals surface area contributed by atoms with E-state index in [0.29, 0.717) is 0 Å². The molecule has 15 aromatic rings. The molecule has 0 saturated carbocycles. The van der Waals surface area contributed by atoms with Gasteiger partial charge in [0.15, 0.2) is 0 Å². The Hall–Kier alpha value is -9.96. The Labute approximate surface area is 738 Å². The maximum Gasteiger partial charge on any atom is 0.144 e. The third kappa shape index (κ3) is 12.5. The smallest absolute Gasteiger partial charge is 0.144 e. The SMILES string of the molecule is CCCCCCCCC1(CCCCCCCC)c2cc(C(Cc3ccc4c(c3)C(C)(C)c3c5c(c6oc7ccccc7c6c3-4)-c3ccccc3C5(C)C)Cc3ccc4c(c3)C(C)(C)c3c5c(c6oc7ccccc7c6c3-4)-c3ccccc3C5(C)C)ccc2-c2cc3c(cc21)-c1c(ccc2oc4ccccc4c12)C3(CCCCCCCC)CCCCCCCC. The van der Waals surface area contributed by atoms with Crippen molar-refractivity contribution in [2.75, 3.05) is 0 Å². The second-order valence-corrected chi connectivity index (χ2v) is 41.5. The fourth-order valence-electron chi connectivity index (χ4n) is 26.5. The first-order valence-electron chi connectivity index (χ1n) is 49.2. The number of fused-ring (bicyclic) bond motifs is 34. The molecule has 3 aromatic heterocycles. The van der Waals surface area contributed by atoms with E-state index >= 15 is 0 Å². The van der Waals surface area contributed by atoms with E-state index in [-0.39, 0.29) is 38.4 Å². The van der Waals surface area contributed by atoms with Gasteiger partial charge in [0.1, 0.15) is 33.5 Å². The first kappa shape index (κ1) is 81.1. The van der Waals surface area contributed by atoms with E-state index in [2.05, 4.69) is 283 Å². The van der Waals surface area contributed by atoms with Gasteiger partial charge in [0.05, 0.1) is 0 Å². The van der Waals surface area contributed by atoms with Gasteiger partial charge in [-0.15, -0.1) is 0 Å². The third-order valence-electron chi connectivity index (χ3n) is 32.6. The summed E-state index contributed by atoms with van der Waals surface area (Å²) in [4.78, 5) is 0. The molecule has 3 nitrogen and oxygen atoms in total. The van der Waals surface area contributed by atoms with E-state index in [1.165, 1.54) is 327 Å². The van der Waals surface area contributed by atoms with E-state index in [1.807, 2.05) is 0 Å². The topological polar surface area (TPSA) is 39.4 Å². The number of benzene rings is 12. The van der Waals surface area contributed by atoms with Crippen LogP contribution in [0.1, 0.15) is 352 Å². The molecular formula is C121H130O3. The molecule has 0 radical (unpaired) electrons. The van der Waals surface area contributed by atoms with E-state index in [1.54, 1.807) is 22.3 Å². The second-order valence-electron chi connectivity index (χ2n) is 41.5. The number of unbranched alkanes of at least 4 members (excludes halogenated alkanes) is 20. The molecule has 0 aliphatic heterocycles. The number of hydrogen-bond donors (Lipinski definition) is 0. The minimum absolute atomic E-state index is 0.118. The van der Waals surface area contributed by atoms with Crippen LogP contribution < -0.4 is 0 Å². The summed E-state index contributed by atoms with van der Waals surface area (Å²) in [6, 6.07) is 79.9. The fourth-order valence-corrected chi connectivity index (χ4v) is 26.5. The molecule has 0 amide bonds. The van der Waals surface area contributed by atoms with E-state index < -0.39 is 0 Å². The molecule has 0 saturated heterocycles. The zero-order valence-electron chi connectivity index (χ0n) is 76.6. The molecule has 0 spiro atoms. The van der Waals surface area contributed by atoms with Gasteiger partial charge in [0.25, 0.3) is 0 Å². The molecule has 124 heavy (non-hydrogen) atoms. The lowest BCUT2D eigenvalue weighted by molar-refractivity contribution is 0.394. The molecule has 0 fully saturated rings. The standard InChI is InChI=1S/C121H130O3/c1-13-17-21-25-29-43-65-120(66-44-30-26-22-18-14-2)92-63-64-101-103(85-49-35-40-54-98(85)122-101)102(92)89-75-96-88(74-97(89)120)80-62-59-78(73-95(80)121(96,67-45-31-27-23-19-15-3)68-46-32-28-24-20-16-4)79(69-76-57-60-83-93(71-76)118(9,10)110-104(83)106-86-50-36-41-55-99(86)123-114(106)108-81-47-33-38-52-90(81)116(5,6)112(108)110)70-77-58-61-84-94(72-77)119(11,12)111-105(84)107-87-51-37-42-56-100(87)124-115(107)109-82-48-34-39-53-91(82)117(7,8)113(109)111/h33-42,47-64,71-75,79H,13-32,43-46,65-70H2,1-12H3. The minimum Gasteiger partial charge on any atom is -0.456 e. The molecule has 0 unspecified atom stereocenters. The van der Waals surface area contributed by atoms with Gasteiger partial charge < -0.3 is 13.3 Å². The van der Waals surface area contributed by atoms with Crippen LogP contribution in [0.15, 0.2) is 213 Å². The Balaban J connectivity index is 0.763. The summed E-state index contributed by atoms with van der Waals surface area (Å²) in [6.45, 7) is 29.6. The summed E-state index contributed by atoms with van der Waals surface area (Å²) >= 11 is 0. The van der Waals surface area contributed by atoms with Crippen LogP contribution in [0.2, 0.25) is 0 Å². The molecule has 3 heterocycles. The van der Waals surface area contributed by atoms with E-state index in [9.17, 15) is 0 Å². The Morgan fingerprint density at radius 2 is 0.597 bits per heavy atom. The maximum absolute atomic E-state index is 7.24. The van der Waals surface area contributed by atoms with Crippen LogP contribution in [0.3, 0.4) is 0 Å². The van der Waals surface area contributed by atoms with Gasteiger partial charge in [-0.2, -0.15) is 0 Å². The Morgan fingerprint density at radius 1 is 0.242 bits per heavy atom. The van der Waals surface area contributed by atoms with Crippen LogP contribution in [0, 0.1) is 0 Å². The first-order chi connectivity index (χ1) is 60.4. The molecule has 0 N–H and O–H groups in total. The average molecular weight is 1630 g/mol. The highest BCUT2D eigenvalue weighted by Gasteiger charge is 2.53. The molecule has 632 valence electrons. The van der Waals surface area contributed by atoms with E-state index in [4.69, 9.17) is 13.3 Å². The molecule has 6 aliphatic carbocycles. The Bertz CT molecular complexity index is 6430. The highest BCUT2D eigenvalue weighted by molar-refractivity contribution is 6.23. The van der Waals surface area contributed by atoms with Crippen molar-refractivity contribution in [3.63, 3.8) is 0 Å². The van der Waals surface area contributed by atoms with Gasteiger partial charge in [-0.3, -0.25) is 0 Å². The van der Waals surface area contributed by atoms with Crippen molar-refractivity contribution >= 4 is 65.8 Å². The molecule has 0 bridgehead atoms. The molecule has 21 rings (SSSR count). The van der Waals surface area contributed by atoms with Crippen LogP contribution in [0.5, 0.6) is 0 Å². The van der Waals surface area contributed by atoms with Crippen LogP contribution in [0.4, 0.5) is 0 Å². The zero-order valence-corrected chi connectivity index (χ0v) is 76.6. The summed E-state index contributed by atoms with van der Waals surface area (Å²) in [5.41, 5.74) is 43.3. The van der Waals surface area contributed by atoms with Crippen molar-refractivity contribution in [2.45, 2.75) is 314 Å². The van der Waals surface area contributed by atoms with E-state index in [0.717, 1.165) is 59.2 Å². The predicted octanol–water partition coefficient (Wildman–Crippen LogP) is 35.7. The number of para-hydroxylation sites is 3. The lowest BCUT2D eigenvalue weighted by atomic mass is 9.68. The van der Waals surface area contributed by atoms with Crippen LogP contribution in [0.25, 0.3) is 133 Å². The van der Waals surface area contributed by atoms with Crippen molar-refractivity contribution in [1.82, 2.24) is 0 Å². The van der Waals surface area contributed by atoms with Crippen LogP contribution in [-0.4, -0.2) is 0 Å². The van der Waals surface area contributed by atoms with Gasteiger partial charge in [-0.05, 0) is 220 Å². The van der Waals surface area contributed by atoms with Gasteiger partial charge in [0.2, 0.25) is 0 Å². The summed E-state index contributed by atoms with van der Waals surface area (Å²) in [5, 5.41) is 7.53. The zero-order chi connectivity index (χ0) is 84.8.